The number of rotatable bonds is 9. The third kappa shape index (κ3) is 5.21. The molecule has 1 aromatic heterocycles. The van der Waals surface area contributed by atoms with Gasteiger partial charge in [0.05, 0.1) is 29.3 Å². The van der Waals surface area contributed by atoms with Crippen molar-refractivity contribution in [2.75, 3.05) is 12.4 Å². The van der Waals surface area contributed by atoms with Crippen molar-refractivity contribution in [3.63, 3.8) is 0 Å². The van der Waals surface area contributed by atoms with Gasteiger partial charge in [0.25, 0.3) is 0 Å². The monoisotopic (exact) mass is 422 g/mol. The lowest BCUT2D eigenvalue weighted by molar-refractivity contribution is 0.415. The molecule has 30 heavy (non-hydrogen) atoms. The molecule has 0 bridgehead atoms. The summed E-state index contributed by atoms with van der Waals surface area (Å²) in [6.45, 7) is 5.67. The second kappa shape index (κ2) is 10.3. The first-order valence-electron chi connectivity index (χ1n) is 10.2. The highest BCUT2D eigenvalue weighted by atomic mass is 35.5. The van der Waals surface area contributed by atoms with Gasteiger partial charge in [-0.15, -0.1) is 0 Å². The number of nitriles is 1. The van der Waals surface area contributed by atoms with Crippen LogP contribution in [0.25, 0.3) is 10.9 Å². The van der Waals surface area contributed by atoms with Crippen LogP contribution in [-0.4, -0.2) is 18.1 Å². The zero-order valence-electron chi connectivity index (χ0n) is 17.6. The van der Waals surface area contributed by atoms with Gasteiger partial charge >= 0.3 is 0 Å². The predicted molar refractivity (Wildman–Crippen MR) is 123 cm³/mol. The van der Waals surface area contributed by atoms with E-state index in [0.29, 0.717) is 35.5 Å². The van der Waals surface area contributed by atoms with Crippen LogP contribution in [-0.2, 0) is 13.1 Å². The SMILES string of the molecule is CCCC(C)NCc1cnc2ccc(C#N)cc2c1NCc1ccc(OC)c(Cl)c1. The number of methoxy groups -OCH3 is 1. The molecule has 156 valence electrons. The predicted octanol–water partition coefficient (Wildman–Crippen LogP) is 5.66. The molecule has 3 rings (SSSR count). The number of hydrogen-bond acceptors (Lipinski definition) is 5. The molecule has 0 aliphatic rings. The summed E-state index contributed by atoms with van der Waals surface area (Å²) in [5, 5.41) is 18.0. The fourth-order valence-corrected chi connectivity index (χ4v) is 3.76. The largest absolute Gasteiger partial charge is 0.495 e. The van der Waals surface area contributed by atoms with E-state index in [9.17, 15) is 5.26 Å². The van der Waals surface area contributed by atoms with Crippen LogP contribution < -0.4 is 15.4 Å². The number of fused-ring (bicyclic) bond motifs is 1. The highest BCUT2D eigenvalue weighted by Crippen LogP contribution is 2.29. The summed E-state index contributed by atoms with van der Waals surface area (Å²) in [6, 6.07) is 14.0. The summed E-state index contributed by atoms with van der Waals surface area (Å²) in [6.07, 6.45) is 4.16. The van der Waals surface area contributed by atoms with E-state index in [1.54, 1.807) is 13.2 Å². The molecule has 0 saturated heterocycles. The normalized spacial score (nSPS) is 11.8. The topological polar surface area (TPSA) is 70.0 Å². The van der Waals surface area contributed by atoms with Gasteiger partial charge in [0.2, 0.25) is 0 Å². The van der Waals surface area contributed by atoms with Crippen molar-refractivity contribution in [1.82, 2.24) is 10.3 Å². The van der Waals surface area contributed by atoms with Crippen LogP contribution in [0.3, 0.4) is 0 Å². The zero-order valence-corrected chi connectivity index (χ0v) is 18.4. The molecule has 5 nitrogen and oxygen atoms in total. The summed E-state index contributed by atoms with van der Waals surface area (Å²) < 4.78 is 5.24. The number of nitrogens with zero attached hydrogens (tertiary/aromatic N) is 2. The van der Waals surface area contributed by atoms with Gasteiger partial charge < -0.3 is 15.4 Å². The molecule has 0 spiro atoms. The van der Waals surface area contributed by atoms with Gasteiger partial charge in [-0.25, -0.2) is 0 Å². The van der Waals surface area contributed by atoms with E-state index in [1.165, 1.54) is 0 Å². The van der Waals surface area contributed by atoms with Crippen LogP contribution in [0.4, 0.5) is 5.69 Å². The molecular weight excluding hydrogens is 396 g/mol. The minimum Gasteiger partial charge on any atom is -0.495 e. The molecule has 0 fully saturated rings. The lowest BCUT2D eigenvalue weighted by Gasteiger charge is -2.18. The molecule has 1 unspecified atom stereocenters. The molecule has 2 N–H and O–H groups in total. The number of aromatic nitrogens is 1. The Morgan fingerprint density at radius 1 is 1.20 bits per heavy atom. The molecular formula is C24H27ClN4O. The van der Waals surface area contributed by atoms with E-state index in [0.717, 1.165) is 40.6 Å². The van der Waals surface area contributed by atoms with Crippen molar-refractivity contribution < 1.29 is 4.74 Å². The van der Waals surface area contributed by atoms with Gasteiger partial charge in [0.15, 0.2) is 0 Å². The van der Waals surface area contributed by atoms with E-state index < -0.39 is 0 Å². The standard InChI is InChI=1S/C24H27ClN4O/c1-4-5-16(2)27-14-19-15-28-22-8-6-17(12-26)10-20(22)24(19)29-13-18-7-9-23(30-3)21(25)11-18/h6-11,15-16,27H,4-5,13-14H2,1-3H3,(H,28,29). The second-order valence-corrected chi connectivity index (χ2v) is 7.80. The van der Waals surface area contributed by atoms with Gasteiger partial charge in [-0.3, -0.25) is 4.98 Å². The Bertz CT molecular complexity index is 1060. The molecule has 6 heteroatoms. The molecule has 0 aliphatic carbocycles. The lowest BCUT2D eigenvalue weighted by atomic mass is 10.1. The quantitative estimate of drug-likeness (QED) is 0.465. The maximum Gasteiger partial charge on any atom is 0.137 e. The molecule has 1 atom stereocenters. The smallest absolute Gasteiger partial charge is 0.137 e. The number of benzene rings is 2. The van der Waals surface area contributed by atoms with Gasteiger partial charge in [-0.05, 0) is 49.2 Å². The number of pyridine rings is 1. The van der Waals surface area contributed by atoms with E-state index in [4.69, 9.17) is 16.3 Å². The van der Waals surface area contributed by atoms with Crippen molar-refractivity contribution in [1.29, 1.82) is 5.26 Å². The van der Waals surface area contributed by atoms with E-state index in [2.05, 4.69) is 35.5 Å². The van der Waals surface area contributed by atoms with Crippen LogP contribution in [0.15, 0.2) is 42.6 Å². The minimum atomic E-state index is 0.421. The molecule has 0 radical (unpaired) electrons. The Kier molecular flexibility index (Phi) is 7.51. The average Bonchev–Trinajstić information content (AvgIpc) is 2.76. The summed E-state index contributed by atoms with van der Waals surface area (Å²) in [7, 11) is 1.60. The first-order chi connectivity index (χ1) is 14.5. The number of anilines is 1. The molecule has 0 amide bonds. The highest BCUT2D eigenvalue weighted by molar-refractivity contribution is 6.32. The Balaban J connectivity index is 1.92. The fourth-order valence-electron chi connectivity index (χ4n) is 3.48. The van der Waals surface area contributed by atoms with Crippen LogP contribution >= 0.6 is 11.6 Å². The Morgan fingerprint density at radius 3 is 2.73 bits per heavy atom. The third-order valence-electron chi connectivity index (χ3n) is 5.12. The number of hydrogen-bond donors (Lipinski definition) is 2. The summed E-state index contributed by atoms with van der Waals surface area (Å²) in [5.41, 5.74) is 4.57. The molecule has 3 aromatic rings. The lowest BCUT2D eigenvalue weighted by Crippen LogP contribution is -2.25. The van der Waals surface area contributed by atoms with Gasteiger partial charge in [0, 0.05) is 42.0 Å². The minimum absolute atomic E-state index is 0.421. The maximum absolute atomic E-state index is 9.35. The van der Waals surface area contributed by atoms with Crippen molar-refractivity contribution in [3.8, 4) is 11.8 Å². The van der Waals surface area contributed by atoms with Gasteiger partial charge in [-0.1, -0.05) is 31.0 Å². The van der Waals surface area contributed by atoms with Crippen molar-refractivity contribution in [2.45, 2.75) is 45.8 Å². The van der Waals surface area contributed by atoms with E-state index in [-0.39, 0.29) is 0 Å². The van der Waals surface area contributed by atoms with E-state index in [1.807, 2.05) is 36.5 Å². The van der Waals surface area contributed by atoms with Crippen molar-refractivity contribution in [3.05, 3.63) is 64.3 Å². The zero-order chi connectivity index (χ0) is 21.5. The van der Waals surface area contributed by atoms with Crippen molar-refractivity contribution in [2.24, 2.45) is 0 Å². The number of ether oxygens (including phenoxy) is 1. The first-order valence-corrected chi connectivity index (χ1v) is 10.5. The van der Waals surface area contributed by atoms with E-state index >= 15 is 0 Å². The molecule has 0 saturated carbocycles. The van der Waals surface area contributed by atoms with Crippen LogP contribution in [0.2, 0.25) is 5.02 Å². The molecule has 2 aromatic carbocycles. The van der Waals surface area contributed by atoms with Crippen LogP contribution in [0, 0.1) is 11.3 Å². The van der Waals surface area contributed by atoms with Crippen molar-refractivity contribution >= 4 is 28.2 Å². The highest BCUT2D eigenvalue weighted by Gasteiger charge is 2.12. The van der Waals surface area contributed by atoms with Crippen LogP contribution in [0.1, 0.15) is 43.4 Å². The maximum atomic E-state index is 9.35. The average molecular weight is 423 g/mol. The molecule has 1 heterocycles. The Hall–Kier alpha value is -2.81. The van der Waals surface area contributed by atoms with Gasteiger partial charge in [0.1, 0.15) is 5.75 Å². The number of nitrogens with one attached hydrogen (secondary N) is 2. The fraction of sp³-hybridized carbons (Fsp3) is 0.333. The first kappa shape index (κ1) is 21.9. The van der Waals surface area contributed by atoms with Crippen LogP contribution in [0.5, 0.6) is 5.75 Å². The molecule has 0 aliphatic heterocycles. The third-order valence-corrected chi connectivity index (χ3v) is 5.42. The summed E-state index contributed by atoms with van der Waals surface area (Å²) in [5.74, 6) is 0.656. The second-order valence-electron chi connectivity index (χ2n) is 7.40. The number of halogens is 1. The summed E-state index contributed by atoms with van der Waals surface area (Å²) in [4.78, 5) is 4.61. The summed E-state index contributed by atoms with van der Waals surface area (Å²) >= 11 is 6.28. The Labute approximate surface area is 183 Å². The Morgan fingerprint density at radius 2 is 2.03 bits per heavy atom. The van der Waals surface area contributed by atoms with Gasteiger partial charge in [-0.2, -0.15) is 5.26 Å².